The molecule has 0 saturated carbocycles. The van der Waals surface area contributed by atoms with Gasteiger partial charge in [-0.3, -0.25) is 4.79 Å². The van der Waals surface area contributed by atoms with E-state index in [9.17, 15) is 9.59 Å². The average Bonchev–Trinajstić information content (AvgIpc) is 2.44. The maximum Gasteiger partial charge on any atom is 0.407 e. The van der Waals surface area contributed by atoms with Crippen LogP contribution in [0.1, 0.15) is 57.3 Å². The molecule has 1 heterocycles. The lowest BCUT2D eigenvalue weighted by molar-refractivity contribution is 0.0527. The molecule has 1 aromatic rings. The van der Waals surface area contributed by atoms with Crippen LogP contribution in [0.3, 0.4) is 0 Å². The predicted molar refractivity (Wildman–Crippen MR) is 89.6 cm³/mol. The van der Waals surface area contributed by atoms with Crippen molar-refractivity contribution in [2.24, 2.45) is 0 Å². The van der Waals surface area contributed by atoms with Crippen LogP contribution in [0, 0.1) is 0 Å². The molecule has 1 amide bonds. The van der Waals surface area contributed by atoms with E-state index >= 15 is 0 Å². The second kappa shape index (κ2) is 7.64. The molecule has 0 aromatic carbocycles. The number of carbonyl (C=O) groups excluding carboxylic acids is 1. The fourth-order valence-electron chi connectivity index (χ4n) is 2.78. The zero-order valence-electron chi connectivity index (χ0n) is 14.2. The Balaban J connectivity index is 1.72. The Labute approximate surface area is 137 Å². The van der Waals surface area contributed by atoms with E-state index in [2.05, 4.69) is 15.6 Å². The molecule has 1 atom stereocenters. The molecule has 6 heteroatoms. The molecule has 0 bridgehead atoms. The molecule has 0 saturated heterocycles. The van der Waals surface area contributed by atoms with Gasteiger partial charge in [0.25, 0.3) is 0 Å². The van der Waals surface area contributed by atoms with Crippen LogP contribution in [0.5, 0.6) is 0 Å². The van der Waals surface area contributed by atoms with Gasteiger partial charge in [0.05, 0.1) is 0 Å². The minimum atomic E-state index is -0.467. The van der Waals surface area contributed by atoms with Gasteiger partial charge in [0.15, 0.2) is 0 Å². The van der Waals surface area contributed by atoms with Crippen molar-refractivity contribution < 1.29 is 9.53 Å². The van der Waals surface area contributed by atoms with E-state index in [0.29, 0.717) is 6.54 Å². The van der Waals surface area contributed by atoms with E-state index in [1.807, 2.05) is 26.8 Å². The fourth-order valence-corrected chi connectivity index (χ4v) is 2.78. The maximum absolute atomic E-state index is 11.5. The highest BCUT2D eigenvalue weighted by Crippen LogP contribution is 2.27. The third-order valence-electron chi connectivity index (χ3n) is 3.74. The summed E-state index contributed by atoms with van der Waals surface area (Å²) in [7, 11) is 0. The van der Waals surface area contributed by atoms with Crippen molar-refractivity contribution >= 4 is 6.09 Å². The van der Waals surface area contributed by atoms with Crippen LogP contribution in [-0.2, 0) is 11.2 Å². The fraction of sp³-hybridized carbons (Fsp3) is 0.647. The van der Waals surface area contributed by atoms with Crippen LogP contribution in [0.25, 0.3) is 0 Å². The number of aromatic amines is 1. The van der Waals surface area contributed by atoms with Crippen molar-refractivity contribution in [3.63, 3.8) is 0 Å². The molecule has 1 unspecified atom stereocenters. The molecule has 3 N–H and O–H groups in total. The van der Waals surface area contributed by atoms with Crippen LogP contribution in [0.2, 0.25) is 0 Å². The largest absolute Gasteiger partial charge is 0.444 e. The quantitative estimate of drug-likeness (QED) is 0.726. The molecule has 0 radical (unpaired) electrons. The smallest absolute Gasteiger partial charge is 0.407 e. The number of alkyl carbamates (subject to hydrolysis) is 1. The molecule has 6 nitrogen and oxygen atoms in total. The first-order valence-electron chi connectivity index (χ1n) is 8.27. The Morgan fingerprint density at radius 1 is 1.35 bits per heavy atom. The molecule has 128 valence electrons. The second-order valence-electron chi connectivity index (χ2n) is 6.94. The number of ether oxygens (including phenoxy) is 1. The van der Waals surface area contributed by atoms with Crippen LogP contribution < -0.4 is 16.2 Å². The molecule has 1 aromatic heterocycles. The highest BCUT2D eigenvalue weighted by Gasteiger charge is 2.20. The summed E-state index contributed by atoms with van der Waals surface area (Å²) < 4.78 is 5.19. The lowest BCUT2D eigenvalue weighted by atomic mass is 9.91. The van der Waals surface area contributed by atoms with Gasteiger partial charge in [-0.1, -0.05) is 6.07 Å². The van der Waals surface area contributed by atoms with Gasteiger partial charge in [0, 0.05) is 24.3 Å². The van der Waals surface area contributed by atoms with E-state index in [1.165, 1.54) is 5.56 Å². The highest BCUT2D eigenvalue weighted by molar-refractivity contribution is 5.67. The zero-order chi connectivity index (χ0) is 16.9. The number of rotatable bonds is 5. The number of pyridine rings is 1. The van der Waals surface area contributed by atoms with Crippen LogP contribution >= 0.6 is 0 Å². The topological polar surface area (TPSA) is 83.2 Å². The number of amides is 1. The third-order valence-corrected chi connectivity index (χ3v) is 3.74. The Bertz CT molecular complexity index is 589. The van der Waals surface area contributed by atoms with E-state index in [-0.39, 0.29) is 17.7 Å². The van der Waals surface area contributed by atoms with Crippen molar-refractivity contribution in [2.75, 3.05) is 13.1 Å². The van der Waals surface area contributed by atoms with Crippen LogP contribution in [0.15, 0.2) is 16.9 Å². The van der Waals surface area contributed by atoms with Gasteiger partial charge in [-0.2, -0.15) is 0 Å². The first-order valence-corrected chi connectivity index (χ1v) is 8.27. The number of hydrogen-bond donors (Lipinski definition) is 3. The summed E-state index contributed by atoms with van der Waals surface area (Å²) in [5.41, 5.74) is 1.74. The van der Waals surface area contributed by atoms with Gasteiger partial charge in [-0.15, -0.1) is 0 Å². The van der Waals surface area contributed by atoms with E-state index in [4.69, 9.17) is 4.74 Å². The molecule has 23 heavy (non-hydrogen) atoms. The molecule has 2 rings (SSSR count). The van der Waals surface area contributed by atoms with Crippen LogP contribution in [0.4, 0.5) is 4.79 Å². The minimum Gasteiger partial charge on any atom is -0.444 e. The van der Waals surface area contributed by atoms with Gasteiger partial charge in [-0.05, 0) is 58.6 Å². The number of aromatic nitrogens is 1. The molecular formula is C17H27N3O3. The number of nitrogens with one attached hydrogen (secondary N) is 3. The SMILES string of the molecule is CC(C)(C)OC(=O)NCCCNC1CCCc2[nH]c(=O)ccc21. The van der Waals surface area contributed by atoms with Crippen molar-refractivity contribution in [3.8, 4) is 0 Å². The number of fused-ring (bicyclic) bond motifs is 1. The normalized spacial score (nSPS) is 17.4. The van der Waals surface area contributed by atoms with Crippen molar-refractivity contribution in [1.29, 1.82) is 0 Å². The molecule has 1 aliphatic rings. The highest BCUT2D eigenvalue weighted by atomic mass is 16.6. The van der Waals surface area contributed by atoms with E-state index in [0.717, 1.165) is 37.9 Å². The Morgan fingerprint density at radius 3 is 2.87 bits per heavy atom. The van der Waals surface area contributed by atoms with Gasteiger partial charge in [0.1, 0.15) is 5.60 Å². The summed E-state index contributed by atoms with van der Waals surface area (Å²) in [6, 6.07) is 3.78. The van der Waals surface area contributed by atoms with Crippen molar-refractivity contribution in [2.45, 2.75) is 58.1 Å². The molecule has 1 aliphatic carbocycles. The molecule has 0 aliphatic heterocycles. The third kappa shape index (κ3) is 5.71. The van der Waals surface area contributed by atoms with Crippen molar-refractivity contribution in [1.82, 2.24) is 15.6 Å². The lowest BCUT2D eigenvalue weighted by Crippen LogP contribution is -2.34. The minimum absolute atomic E-state index is 0.0361. The standard InChI is InChI=1S/C17H27N3O3/c1-17(2,3)23-16(22)19-11-5-10-18-13-6-4-7-14-12(13)8-9-15(21)20-14/h8-9,13,18H,4-7,10-11H2,1-3H3,(H,19,22)(H,20,21). The predicted octanol–water partition coefficient (Wildman–Crippen LogP) is 2.26. The zero-order valence-corrected chi connectivity index (χ0v) is 14.2. The summed E-state index contributed by atoms with van der Waals surface area (Å²) in [6.45, 7) is 6.92. The Kier molecular flexibility index (Phi) is 5.82. The molecule has 0 spiro atoms. The number of H-pyrrole nitrogens is 1. The van der Waals surface area contributed by atoms with Crippen molar-refractivity contribution in [3.05, 3.63) is 33.7 Å². The molecule has 0 fully saturated rings. The van der Waals surface area contributed by atoms with E-state index < -0.39 is 5.60 Å². The number of carbonyl (C=O) groups is 1. The van der Waals surface area contributed by atoms with E-state index in [1.54, 1.807) is 6.07 Å². The first kappa shape index (κ1) is 17.5. The number of hydrogen-bond acceptors (Lipinski definition) is 4. The number of aryl methyl sites for hydroxylation is 1. The maximum atomic E-state index is 11.5. The van der Waals surface area contributed by atoms with Gasteiger partial charge in [0.2, 0.25) is 5.56 Å². The molecular weight excluding hydrogens is 294 g/mol. The first-order chi connectivity index (χ1) is 10.8. The summed E-state index contributed by atoms with van der Waals surface area (Å²) in [6.07, 6.45) is 3.52. The summed E-state index contributed by atoms with van der Waals surface area (Å²) >= 11 is 0. The second-order valence-corrected chi connectivity index (χ2v) is 6.94. The van der Waals surface area contributed by atoms with Gasteiger partial charge < -0.3 is 20.4 Å². The van der Waals surface area contributed by atoms with Crippen LogP contribution in [-0.4, -0.2) is 29.8 Å². The Morgan fingerprint density at radius 2 is 2.13 bits per heavy atom. The monoisotopic (exact) mass is 321 g/mol. The summed E-state index contributed by atoms with van der Waals surface area (Å²) in [5, 5.41) is 6.26. The van der Waals surface area contributed by atoms with Gasteiger partial charge in [-0.25, -0.2) is 4.79 Å². The average molecular weight is 321 g/mol. The van der Waals surface area contributed by atoms with Gasteiger partial charge >= 0.3 is 6.09 Å². The summed E-state index contributed by atoms with van der Waals surface area (Å²) in [4.78, 5) is 25.8. The summed E-state index contributed by atoms with van der Waals surface area (Å²) in [5.74, 6) is 0. The Hall–Kier alpha value is -1.82. The lowest BCUT2D eigenvalue weighted by Gasteiger charge is -2.26.